The second-order valence-corrected chi connectivity index (χ2v) is 3.21. The SMILES string of the molecule is O=C(O)c1ccnc(Cl)c1I. The summed E-state index contributed by atoms with van der Waals surface area (Å²) in [6.45, 7) is 0. The van der Waals surface area contributed by atoms with Crippen molar-refractivity contribution in [1.29, 1.82) is 0 Å². The topological polar surface area (TPSA) is 50.2 Å². The summed E-state index contributed by atoms with van der Waals surface area (Å²) in [6.07, 6.45) is 1.37. The van der Waals surface area contributed by atoms with E-state index in [4.69, 9.17) is 16.7 Å². The van der Waals surface area contributed by atoms with Gasteiger partial charge in [0.15, 0.2) is 0 Å². The Hall–Kier alpha value is -0.360. The summed E-state index contributed by atoms with van der Waals surface area (Å²) in [5.41, 5.74) is 0.186. The molecule has 0 unspecified atom stereocenters. The summed E-state index contributed by atoms with van der Waals surface area (Å²) in [6, 6.07) is 1.41. The molecule has 0 saturated carbocycles. The molecule has 0 aliphatic carbocycles. The van der Waals surface area contributed by atoms with Crippen LogP contribution in [0.2, 0.25) is 5.15 Å². The molecule has 0 bridgehead atoms. The number of aromatic carboxylic acids is 1. The highest BCUT2D eigenvalue weighted by atomic mass is 127. The van der Waals surface area contributed by atoms with E-state index in [1.807, 2.05) is 22.6 Å². The number of hydrogen-bond donors (Lipinski definition) is 1. The zero-order valence-electron chi connectivity index (χ0n) is 5.21. The van der Waals surface area contributed by atoms with Crippen molar-refractivity contribution < 1.29 is 9.90 Å². The highest BCUT2D eigenvalue weighted by Crippen LogP contribution is 2.18. The summed E-state index contributed by atoms with van der Waals surface area (Å²) in [4.78, 5) is 14.2. The van der Waals surface area contributed by atoms with E-state index in [9.17, 15) is 4.79 Å². The smallest absolute Gasteiger partial charge is 0.336 e. The summed E-state index contributed by atoms with van der Waals surface area (Å²) >= 11 is 7.42. The van der Waals surface area contributed by atoms with Crippen molar-refractivity contribution in [1.82, 2.24) is 4.98 Å². The summed E-state index contributed by atoms with van der Waals surface area (Å²) in [5.74, 6) is -0.987. The Kier molecular flexibility index (Phi) is 2.67. The van der Waals surface area contributed by atoms with Gasteiger partial charge in [-0.05, 0) is 28.7 Å². The van der Waals surface area contributed by atoms with Crippen LogP contribution in [0.4, 0.5) is 0 Å². The van der Waals surface area contributed by atoms with Gasteiger partial charge in [0.05, 0.1) is 9.13 Å². The molecule has 1 aromatic rings. The third-order valence-corrected chi connectivity index (χ3v) is 2.77. The first-order valence-electron chi connectivity index (χ1n) is 2.66. The molecule has 1 heterocycles. The zero-order valence-corrected chi connectivity index (χ0v) is 8.13. The van der Waals surface area contributed by atoms with Crippen LogP contribution in [0.1, 0.15) is 10.4 Å². The standard InChI is InChI=1S/C6H3ClINO2/c7-5-4(8)3(6(10)11)1-2-9-5/h1-2H,(H,10,11). The number of hydrogen-bond acceptors (Lipinski definition) is 2. The van der Waals surface area contributed by atoms with Crippen LogP contribution < -0.4 is 0 Å². The molecule has 1 rings (SSSR count). The van der Waals surface area contributed by atoms with Gasteiger partial charge < -0.3 is 5.11 Å². The molecule has 0 fully saturated rings. The van der Waals surface area contributed by atoms with Gasteiger partial charge in [0, 0.05) is 6.20 Å². The number of halogens is 2. The van der Waals surface area contributed by atoms with E-state index in [2.05, 4.69) is 4.98 Å². The van der Waals surface area contributed by atoms with E-state index in [-0.39, 0.29) is 10.7 Å². The van der Waals surface area contributed by atoms with Crippen molar-refractivity contribution in [3.8, 4) is 0 Å². The fraction of sp³-hybridized carbons (Fsp3) is 0. The monoisotopic (exact) mass is 283 g/mol. The minimum absolute atomic E-state index is 0.186. The summed E-state index contributed by atoms with van der Waals surface area (Å²) in [5, 5.41) is 8.83. The van der Waals surface area contributed by atoms with Gasteiger partial charge in [-0.15, -0.1) is 0 Å². The summed E-state index contributed by atoms with van der Waals surface area (Å²) < 4.78 is 0.472. The van der Waals surface area contributed by atoms with Crippen molar-refractivity contribution in [3.05, 3.63) is 26.5 Å². The van der Waals surface area contributed by atoms with E-state index < -0.39 is 5.97 Å². The predicted molar refractivity (Wildman–Crippen MR) is 48.9 cm³/mol. The Morgan fingerprint density at radius 1 is 1.73 bits per heavy atom. The van der Waals surface area contributed by atoms with Gasteiger partial charge in [-0.25, -0.2) is 9.78 Å². The van der Waals surface area contributed by atoms with Crippen LogP contribution in [0.5, 0.6) is 0 Å². The minimum Gasteiger partial charge on any atom is -0.478 e. The highest BCUT2D eigenvalue weighted by Gasteiger charge is 2.10. The van der Waals surface area contributed by atoms with Crippen molar-refractivity contribution in [3.63, 3.8) is 0 Å². The molecule has 0 aromatic carbocycles. The maximum atomic E-state index is 10.5. The Morgan fingerprint density at radius 2 is 2.36 bits per heavy atom. The maximum absolute atomic E-state index is 10.5. The first kappa shape index (κ1) is 8.73. The molecule has 5 heteroatoms. The van der Waals surface area contributed by atoms with E-state index in [0.717, 1.165) is 0 Å². The summed E-state index contributed by atoms with van der Waals surface area (Å²) in [7, 11) is 0. The number of rotatable bonds is 1. The molecule has 0 radical (unpaired) electrons. The van der Waals surface area contributed by atoms with E-state index in [0.29, 0.717) is 3.57 Å². The van der Waals surface area contributed by atoms with Crippen LogP contribution in [0.3, 0.4) is 0 Å². The van der Waals surface area contributed by atoms with Gasteiger partial charge in [0.1, 0.15) is 5.15 Å². The van der Waals surface area contributed by atoms with Gasteiger partial charge in [0.2, 0.25) is 0 Å². The number of carbonyl (C=O) groups is 1. The zero-order chi connectivity index (χ0) is 8.43. The average Bonchev–Trinajstić information content (AvgIpc) is 1.94. The fourth-order valence-corrected chi connectivity index (χ4v) is 1.29. The number of pyridine rings is 1. The number of nitrogens with zero attached hydrogens (tertiary/aromatic N) is 1. The van der Waals surface area contributed by atoms with Crippen molar-refractivity contribution in [2.75, 3.05) is 0 Å². The molecule has 58 valence electrons. The van der Waals surface area contributed by atoms with Crippen molar-refractivity contribution in [2.24, 2.45) is 0 Å². The maximum Gasteiger partial charge on any atom is 0.336 e. The highest BCUT2D eigenvalue weighted by molar-refractivity contribution is 14.1. The third-order valence-electron chi connectivity index (χ3n) is 1.08. The van der Waals surface area contributed by atoms with Crippen molar-refractivity contribution in [2.45, 2.75) is 0 Å². The molecule has 3 nitrogen and oxygen atoms in total. The van der Waals surface area contributed by atoms with E-state index in [1.165, 1.54) is 12.3 Å². The molecule has 11 heavy (non-hydrogen) atoms. The Morgan fingerprint density at radius 3 is 2.82 bits per heavy atom. The molecular formula is C6H3ClINO2. The lowest BCUT2D eigenvalue weighted by atomic mass is 10.3. The van der Waals surface area contributed by atoms with Crippen LogP contribution in [-0.4, -0.2) is 16.1 Å². The molecule has 0 aliphatic heterocycles. The third kappa shape index (κ3) is 1.81. The van der Waals surface area contributed by atoms with Gasteiger partial charge in [-0.1, -0.05) is 11.6 Å². The van der Waals surface area contributed by atoms with E-state index >= 15 is 0 Å². The van der Waals surface area contributed by atoms with Gasteiger partial charge in [-0.2, -0.15) is 0 Å². The van der Waals surface area contributed by atoms with Crippen LogP contribution in [-0.2, 0) is 0 Å². The second kappa shape index (κ2) is 3.36. The molecule has 1 N–H and O–H groups in total. The number of carboxylic acids is 1. The van der Waals surface area contributed by atoms with E-state index in [1.54, 1.807) is 0 Å². The van der Waals surface area contributed by atoms with Gasteiger partial charge in [0.25, 0.3) is 0 Å². The minimum atomic E-state index is -0.987. The first-order chi connectivity index (χ1) is 5.13. The molecular weight excluding hydrogens is 280 g/mol. The lowest BCUT2D eigenvalue weighted by Crippen LogP contribution is -2.00. The molecule has 0 amide bonds. The van der Waals surface area contributed by atoms with Crippen LogP contribution in [0, 0.1) is 3.57 Å². The van der Waals surface area contributed by atoms with Crippen LogP contribution in [0.25, 0.3) is 0 Å². The lowest BCUT2D eigenvalue weighted by Gasteiger charge is -1.97. The van der Waals surface area contributed by atoms with Crippen molar-refractivity contribution >= 4 is 40.2 Å². The molecule has 0 aliphatic rings. The first-order valence-corrected chi connectivity index (χ1v) is 4.12. The molecule has 1 aromatic heterocycles. The van der Waals surface area contributed by atoms with Gasteiger partial charge >= 0.3 is 5.97 Å². The Bertz CT molecular complexity index is 303. The number of carboxylic acid groups (broad SMARTS) is 1. The largest absolute Gasteiger partial charge is 0.478 e. The molecule has 0 saturated heterocycles. The normalized spacial score (nSPS) is 9.64. The lowest BCUT2D eigenvalue weighted by molar-refractivity contribution is 0.0695. The molecule has 0 atom stereocenters. The van der Waals surface area contributed by atoms with Gasteiger partial charge in [-0.3, -0.25) is 0 Å². The van der Waals surface area contributed by atoms with Crippen LogP contribution in [0.15, 0.2) is 12.3 Å². The predicted octanol–water partition coefficient (Wildman–Crippen LogP) is 2.04. The second-order valence-electron chi connectivity index (χ2n) is 1.77. The Labute approximate surface area is 81.5 Å². The fourth-order valence-electron chi connectivity index (χ4n) is 0.583. The molecule has 0 spiro atoms. The van der Waals surface area contributed by atoms with Crippen LogP contribution >= 0.6 is 34.2 Å². The number of aromatic nitrogens is 1. The Balaban J connectivity index is 3.27. The quantitative estimate of drug-likeness (QED) is 0.634. The average molecular weight is 283 g/mol.